The monoisotopic (exact) mass is 383 g/mol. The highest BCUT2D eigenvalue weighted by atomic mass is 32.2. The van der Waals surface area contributed by atoms with Crippen molar-refractivity contribution in [2.45, 2.75) is 30.7 Å². The predicted octanol–water partition coefficient (Wildman–Crippen LogP) is 1.41. The molecule has 2 aliphatic rings. The predicted molar refractivity (Wildman–Crippen MR) is 97.1 cm³/mol. The second kappa shape index (κ2) is 7.71. The molecule has 26 heavy (non-hydrogen) atoms. The van der Waals surface area contributed by atoms with Gasteiger partial charge in [0.25, 0.3) is 0 Å². The van der Waals surface area contributed by atoms with E-state index in [1.54, 1.807) is 30.0 Å². The Balaban J connectivity index is 1.65. The number of nitrogens with one attached hydrogen (secondary N) is 1. The van der Waals surface area contributed by atoms with Crippen LogP contribution in [-0.2, 0) is 14.8 Å². The van der Waals surface area contributed by atoms with Crippen LogP contribution in [0.15, 0.2) is 23.1 Å². The molecule has 1 aromatic carbocycles. The van der Waals surface area contributed by atoms with Gasteiger partial charge < -0.3 is 19.3 Å². The van der Waals surface area contributed by atoms with Crippen LogP contribution >= 0.6 is 0 Å². The van der Waals surface area contributed by atoms with Crippen LogP contribution in [0.1, 0.15) is 19.8 Å². The molecule has 144 valence electrons. The molecule has 0 saturated carbocycles. The molecule has 9 heteroatoms. The van der Waals surface area contributed by atoms with Crippen molar-refractivity contribution in [1.82, 2.24) is 9.62 Å². The minimum absolute atomic E-state index is 0.198. The zero-order valence-electron chi connectivity index (χ0n) is 15.1. The second-order valence-electron chi connectivity index (χ2n) is 6.48. The zero-order valence-corrected chi connectivity index (χ0v) is 15.9. The van der Waals surface area contributed by atoms with Gasteiger partial charge in [0.05, 0.1) is 23.7 Å². The Hall–Kier alpha value is -2.00. The zero-order chi connectivity index (χ0) is 18.7. The maximum Gasteiger partial charge on any atom is 0.409 e. The SMILES string of the molecule is CCOC(=O)N1CCC(NS(=O)(=O)c2ccc3c(c2)N(C)CCO3)CC1. The average molecular weight is 383 g/mol. The minimum Gasteiger partial charge on any atom is -0.490 e. The van der Waals surface area contributed by atoms with E-state index in [2.05, 4.69) is 4.72 Å². The number of hydrogen-bond donors (Lipinski definition) is 1. The van der Waals surface area contributed by atoms with E-state index in [-0.39, 0.29) is 17.0 Å². The van der Waals surface area contributed by atoms with Gasteiger partial charge in [0.1, 0.15) is 12.4 Å². The summed E-state index contributed by atoms with van der Waals surface area (Å²) in [5.74, 6) is 0.695. The molecule has 2 aliphatic heterocycles. The van der Waals surface area contributed by atoms with Crippen molar-refractivity contribution in [3.8, 4) is 5.75 Å². The first-order chi connectivity index (χ1) is 12.4. The summed E-state index contributed by atoms with van der Waals surface area (Å²) in [6.45, 7) is 4.37. The Labute approximate surface area is 154 Å². The molecule has 1 fully saturated rings. The Morgan fingerprint density at radius 2 is 2.04 bits per heavy atom. The van der Waals surface area contributed by atoms with Gasteiger partial charge in [-0.25, -0.2) is 17.9 Å². The quantitative estimate of drug-likeness (QED) is 0.846. The topological polar surface area (TPSA) is 88.2 Å². The van der Waals surface area contributed by atoms with Crippen molar-refractivity contribution in [2.75, 3.05) is 44.8 Å². The first kappa shape index (κ1) is 18.8. The van der Waals surface area contributed by atoms with Crippen LogP contribution in [-0.4, -0.2) is 65.3 Å². The number of likely N-dealkylation sites (tertiary alicyclic amines) is 1. The maximum atomic E-state index is 12.7. The Bertz CT molecular complexity index is 760. The fourth-order valence-corrected chi connectivity index (χ4v) is 4.50. The lowest BCUT2D eigenvalue weighted by Crippen LogP contribution is -2.46. The van der Waals surface area contributed by atoms with Gasteiger partial charge in [-0.2, -0.15) is 0 Å². The fourth-order valence-electron chi connectivity index (χ4n) is 3.18. The minimum atomic E-state index is -3.63. The van der Waals surface area contributed by atoms with Crippen LogP contribution in [0.3, 0.4) is 0 Å². The summed E-state index contributed by atoms with van der Waals surface area (Å²) in [6.07, 6.45) is 0.782. The number of benzene rings is 1. The van der Waals surface area contributed by atoms with Crippen molar-refractivity contribution < 1.29 is 22.7 Å². The summed E-state index contributed by atoms with van der Waals surface area (Å²) >= 11 is 0. The van der Waals surface area contributed by atoms with E-state index in [1.165, 1.54) is 0 Å². The van der Waals surface area contributed by atoms with E-state index in [4.69, 9.17) is 9.47 Å². The van der Waals surface area contributed by atoms with Crippen molar-refractivity contribution >= 4 is 21.8 Å². The molecule has 0 radical (unpaired) electrons. The Kier molecular flexibility index (Phi) is 5.57. The number of sulfonamides is 1. The largest absolute Gasteiger partial charge is 0.490 e. The van der Waals surface area contributed by atoms with Crippen molar-refractivity contribution in [2.24, 2.45) is 0 Å². The third-order valence-electron chi connectivity index (χ3n) is 4.68. The molecule has 1 amide bonds. The number of likely N-dealkylation sites (N-methyl/N-ethyl adjacent to an activating group) is 1. The highest BCUT2D eigenvalue weighted by Crippen LogP contribution is 2.33. The molecular weight excluding hydrogens is 358 g/mol. The van der Waals surface area contributed by atoms with Crippen LogP contribution in [0.25, 0.3) is 0 Å². The van der Waals surface area contributed by atoms with Gasteiger partial charge >= 0.3 is 6.09 Å². The van der Waals surface area contributed by atoms with E-state index in [0.717, 1.165) is 12.2 Å². The normalized spacial score (nSPS) is 18.2. The van der Waals surface area contributed by atoms with Crippen LogP contribution in [0.4, 0.5) is 10.5 Å². The number of ether oxygens (including phenoxy) is 2. The molecule has 0 unspecified atom stereocenters. The lowest BCUT2D eigenvalue weighted by molar-refractivity contribution is 0.0966. The second-order valence-corrected chi connectivity index (χ2v) is 8.20. The van der Waals surface area contributed by atoms with Crippen LogP contribution < -0.4 is 14.4 Å². The van der Waals surface area contributed by atoms with Crippen molar-refractivity contribution in [1.29, 1.82) is 0 Å². The van der Waals surface area contributed by atoms with Gasteiger partial charge in [0.2, 0.25) is 10.0 Å². The van der Waals surface area contributed by atoms with Gasteiger partial charge in [0.15, 0.2) is 0 Å². The Morgan fingerprint density at radius 1 is 1.31 bits per heavy atom. The summed E-state index contributed by atoms with van der Waals surface area (Å²) in [5.41, 5.74) is 0.774. The van der Waals surface area contributed by atoms with Gasteiger partial charge in [-0.1, -0.05) is 0 Å². The maximum absolute atomic E-state index is 12.7. The van der Waals surface area contributed by atoms with Crippen LogP contribution in [0, 0.1) is 0 Å². The molecule has 3 rings (SSSR count). The third-order valence-corrected chi connectivity index (χ3v) is 6.20. The van der Waals surface area contributed by atoms with Gasteiger partial charge in [-0.3, -0.25) is 0 Å². The van der Waals surface area contributed by atoms with Crippen molar-refractivity contribution in [3.05, 3.63) is 18.2 Å². The molecule has 1 N–H and O–H groups in total. The smallest absolute Gasteiger partial charge is 0.409 e. The van der Waals surface area contributed by atoms with E-state index >= 15 is 0 Å². The van der Waals surface area contributed by atoms with Crippen LogP contribution in [0.5, 0.6) is 5.75 Å². The highest BCUT2D eigenvalue weighted by Gasteiger charge is 2.28. The molecule has 0 atom stereocenters. The van der Waals surface area contributed by atoms with Crippen molar-refractivity contribution in [3.63, 3.8) is 0 Å². The molecule has 0 aliphatic carbocycles. The lowest BCUT2D eigenvalue weighted by Gasteiger charge is -2.31. The molecule has 2 heterocycles. The number of hydrogen-bond acceptors (Lipinski definition) is 6. The van der Waals surface area contributed by atoms with E-state index in [1.807, 2.05) is 11.9 Å². The van der Waals surface area contributed by atoms with Gasteiger partial charge in [-0.15, -0.1) is 0 Å². The number of piperidine rings is 1. The third kappa shape index (κ3) is 4.04. The summed E-state index contributed by atoms with van der Waals surface area (Å²) in [6, 6.07) is 4.71. The number of amides is 1. The molecule has 0 aromatic heterocycles. The number of fused-ring (bicyclic) bond motifs is 1. The molecule has 0 spiro atoms. The average Bonchev–Trinajstić information content (AvgIpc) is 2.62. The molecule has 1 aromatic rings. The number of carbonyl (C=O) groups excluding carboxylic acids is 1. The highest BCUT2D eigenvalue weighted by molar-refractivity contribution is 7.89. The lowest BCUT2D eigenvalue weighted by atomic mass is 10.1. The summed E-state index contributed by atoms with van der Waals surface area (Å²) < 4.78 is 38.8. The fraction of sp³-hybridized carbons (Fsp3) is 0.588. The first-order valence-corrected chi connectivity index (χ1v) is 10.3. The molecular formula is C17H25N3O5S. The van der Waals surface area contributed by atoms with E-state index in [9.17, 15) is 13.2 Å². The van der Waals surface area contributed by atoms with Gasteiger partial charge in [0, 0.05) is 26.2 Å². The Morgan fingerprint density at radius 3 is 2.73 bits per heavy atom. The number of anilines is 1. The number of nitrogens with zero attached hydrogens (tertiary/aromatic N) is 2. The summed E-state index contributed by atoms with van der Waals surface area (Å²) in [7, 11) is -1.72. The summed E-state index contributed by atoms with van der Waals surface area (Å²) in [4.78, 5) is 15.5. The molecule has 0 bridgehead atoms. The standard InChI is InChI=1S/C17H25N3O5S/c1-3-24-17(21)20-8-6-13(7-9-20)18-26(22,23)14-4-5-16-15(12-14)19(2)10-11-25-16/h4-5,12-13,18H,3,6-11H2,1-2H3. The van der Waals surface area contributed by atoms with E-state index in [0.29, 0.717) is 44.9 Å². The number of rotatable bonds is 4. The summed E-state index contributed by atoms with van der Waals surface area (Å²) in [5, 5.41) is 0. The first-order valence-electron chi connectivity index (χ1n) is 8.82. The van der Waals surface area contributed by atoms with Gasteiger partial charge in [-0.05, 0) is 38.0 Å². The van der Waals surface area contributed by atoms with E-state index < -0.39 is 10.0 Å². The molecule has 8 nitrogen and oxygen atoms in total. The number of carbonyl (C=O) groups is 1. The van der Waals surface area contributed by atoms with Crippen LogP contribution in [0.2, 0.25) is 0 Å². The molecule has 1 saturated heterocycles.